The van der Waals surface area contributed by atoms with Crippen LogP contribution in [0.5, 0.6) is 0 Å². The van der Waals surface area contributed by atoms with Crippen molar-refractivity contribution in [3.8, 4) is 0 Å². The first-order valence-corrected chi connectivity index (χ1v) is 8.64. The fourth-order valence-corrected chi connectivity index (χ4v) is 3.28. The van der Waals surface area contributed by atoms with E-state index >= 15 is 0 Å². The van der Waals surface area contributed by atoms with Crippen molar-refractivity contribution in [3.05, 3.63) is 10.6 Å². The molecule has 0 radical (unpaired) electrons. The maximum atomic E-state index is 11.1. The van der Waals surface area contributed by atoms with Gasteiger partial charge in [-0.25, -0.2) is 8.42 Å². The second-order valence-electron chi connectivity index (χ2n) is 4.67. The third-order valence-corrected chi connectivity index (χ3v) is 4.50. The molecule has 0 saturated heterocycles. The van der Waals surface area contributed by atoms with E-state index in [1.165, 1.54) is 17.8 Å². The van der Waals surface area contributed by atoms with E-state index in [1.54, 1.807) is 0 Å². The molecule has 0 aliphatic rings. The van der Waals surface area contributed by atoms with Gasteiger partial charge in [-0.15, -0.1) is 5.10 Å². The van der Waals surface area contributed by atoms with Crippen LogP contribution in [-0.2, 0) is 9.84 Å². The van der Waals surface area contributed by atoms with Crippen LogP contribution in [0.2, 0.25) is 0 Å². The predicted molar refractivity (Wildman–Crippen MR) is 73.0 cm³/mol. The molecule has 0 aliphatic carbocycles. The third kappa shape index (κ3) is 4.60. The van der Waals surface area contributed by atoms with Crippen molar-refractivity contribution in [2.75, 3.05) is 12.0 Å². The van der Waals surface area contributed by atoms with E-state index in [0.29, 0.717) is 12.8 Å². The van der Waals surface area contributed by atoms with Crippen LogP contribution in [0.25, 0.3) is 0 Å². The molecule has 1 aromatic rings. The molecule has 0 aliphatic heterocycles. The predicted octanol–water partition coefficient (Wildman–Crippen LogP) is 0.991. The maximum absolute atomic E-state index is 11.1. The number of hydrogen-bond donors (Lipinski definition) is 2. The molecule has 0 amide bonds. The molecule has 0 spiro atoms. The van der Waals surface area contributed by atoms with Crippen molar-refractivity contribution in [2.45, 2.75) is 38.6 Å². The molecule has 104 valence electrons. The van der Waals surface area contributed by atoms with Crippen molar-refractivity contribution < 1.29 is 8.42 Å². The molecular formula is C10H20N4O2S2. The minimum Gasteiger partial charge on any atom is -0.271 e. The van der Waals surface area contributed by atoms with E-state index < -0.39 is 9.84 Å². The number of nitrogens with zero attached hydrogens (tertiary/aromatic N) is 2. The number of nitrogens with one attached hydrogen (secondary N) is 1. The number of hydrogen-bond acceptors (Lipinski definition) is 7. The lowest BCUT2D eigenvalue weighted by molar-refractivity contribution is 0.508. The summed E-state index contributed by atoms with van der Waals surface area (Å²) in [4.78, 5) is 1.00. The highest BCUT2D eigenvalue weighted by Gasteiger charge is 2.20. The second kappa shape index (κ2) is 6.55. The van der Waals surface area contributed by atoms with Gasteiger partial charge in [0.1, 0.15) is 9.84 Å². The molecule has 0 saturated carbocycles. The Morgan fingerprint density at radius 3 is 2.61 bits per heavy atom. The van der Waals surface area contributed by atoms with E-state index in [1.807, 2.05) is 13.8 Å². The van der Waals surface area contributed by atoms with Crippen LogP contribution in [0.3, 0.4) is 0 Å². The average Bonchev–Trinajstić information content (AvgIpc) is 2.71. The molecule has 6 nitrogen and oxygen atoms in total. The fraction of sp³-hybridized carbons (Fsp3) is 0.800. The van der Waals surface area contributed by atoms with Gasteiger partial charge in [0, 0.05) is 12.0 Å². The van der Waals surface area contributed by atoms with Crippen LogP contribution >= 0.6 is 11.5 Å². The lowest BCUT2D eigenvalue weighted by Crippen LogP contribution is -2.28. The highest BCUT2D eigenvalue weighted by molar-refractivity contribution is 7.90. The number of rotatable bonds is 7. The van der Waals surface area contributed by atoms with Crippen molar-refractivity contribution >= 4 is 21.4 Å². The SMILES string of the molecule is CC(C)c1nnsc1C(CCCS(C)(=O)=O)NN. The summed E-state index contributed by atoms with van der Waals surface area (Å²) in [6.45, 7) is 4.09. The van der Waals surface area contributed by atoms with Gasteiger partial charge in [0.05, 0.1) is 16.6 Å². The summed E-state index contributed by atoms with van der Waals surface area (Å²) in [6.07, 6.45) is 2.47. The van der Waals surface area contributed by atoms with Crippen LogP contribution in [0.1, 0.15) is 49.2 Å². The number of aromatic nitrogens is 2. The summed E-state index contributed by atoms with van der Waals surface area (Å²) >= 11 is 1.32. The highest BCUT2D eigenvalue weighted by atomic mass is 32.2. The Bertz CT molecular complexity index is 470. The summed E-state index contributed by atoms with van der Waals surface area (Å²) in [5, 5.41) is 4.10. The second-order valence-corrected chi connectivity index (χ2v) is 7.71. The zero-order valence-corrected chi connectivity index (χ0v) is 12.5. The summed E-state index contributed by atoms with van der Waals surface area (Å²) in [7, 11) is -2.92. The Kier molecular flexibility index (Phi) is 5.64. The van der Waals surface area contributed by atoms with Gasteiger partial charge in [-0.1, -0.05) is 18.3 Å². The molecule has 1 rings (SSSR count). The van der Waals surface area contributed by atoms with Crippen molar-refractivity contribution in [1.82, 2.24) is 15.0 Å². The Morgan fingerprint density at radius 1 is 1.44 bits per heavy atom. The van der Waals surface area contributed by atoms with E-state index in [4.69, 9.17) is 5.84 Å². The molecule has 18 heavy (non-hydrogen) atoms. The highest BCUT2D eigenvalue weighted by Crippen LogP contribution is 2.28. The van der Waals surface area contributed by atoms with Crippen molar-refractivity contribution in [2.24, 2.45) is 5.84 Å². The van der Waals surface area contributed by atoms with E-state index in [-0.39, 0.29) is 17.7 Å². The van der Waals surface area contributed by atoms with Gasteiger partial charge in [0.25, 0.3) is 0 Å². The molecule has 3 N–H and O–H groups in total. The van der Waals surface area contributed by atoms with Crippen LogP contribution in [0.15, 0.2) is 0 Å². The first-order chi connectivity index (χ1) is 8.35. The fourth-order valence-electron chi connectivity index (χ4n) is 1.69. The standard InChI is InChI=1S/C10H20N4O2S2/c1-7(2)9-10(17-14-13-9)8(12-11)5-4-6-18(3,15)16/h7-8,12H,4-6,11H2,1-3H3. The first kappa shape index (κ1) is 15.5. The molecular weight excluding hydrogens is 272 g/mol. The normalized spacial score (nSPS) is 14.1. The first-order valence-electron chi connectivity index (χ1n) is 5.81. The van der Waals surface area contributed by atoms with Gasteiger partial charge in [0.15, 0.2) is 0 Å². The van der Waals surface area contributed by atoms with Crippen LogP contribution in [-0.4, -0.2) is 30.0 Å². The number of sulfone groups is 1. The monoisotopic (exact) mass is 292 g/mol. The minimum atomic E-state index is -2.92. The molecule has 0 aromatic carbocycles. The summed E-state index contributed by atoms with van der Waals surface area (Å²) in [5.41, 5.74) is 3.65. The molecule has 1 heterocycles. The van der Waals surface area contributed by atoms with Crippen LogP contribution < -0.4 is 11.3 Å². The molecule has 0 fully saturated rings. The van der Waals surface area contributed by atoms with E-state index in [9.17, 15) is 8.42 Å². The van der Waals surface area contributed by atoms with Crippen molar-refractivity contribution in [1.29, 1.82) is 0 Å². The quantitative estimate of drug-likeness (QED) is 0.574. The smallest absolute Gasteiger partial charge is 0.147 e. The molecule has 8 heteroatoms. The van der Waals surface area contributed by atoms with Gasteiger partial charge < -0.3 is 0 Å². The van der Waals surface area contributed by atoms with Gasteiger partial charge in [-0.3, -0.25) is 11.3 Å². The summed E-state index contributed by atoms with van der Waals surface area (Å²) in [6, 6.07) is -0.0795. The third-order valence-electron chi connectivity index (χ3n) is 2.61. The molecule has 1 atom stereocenters. The van der Waals surface area contributed by atoms with Crippen LogP contribution in [0, 0.1) is 0 Å². The zero-order valence-electron chi connectivity index (χ0n) is 10.9. The Balaban J connectivity index is 2.68. The summed E-state index contributed by atoms with van der Waals surface area (Å²) in [5.74, 6) is 5.99. The maximum Gasteiger partial charge on any atom is 0.147 e. The average molecular weight is 292 g/mol. The van der Waals surface area contributed by atoms with Crippen LogP contribution in [0.4, 0.5) is 0 Å². The van der Waals surface area contributed by atoms with Crippen molar-refractivity contribution in [3.63, 3.8) is 0 Å². The summed E-state index contributed by atoms with van der Waals surface area (Å²) < 4.78 is 26.1. The van der Waals surface area contributed by atoms with E-state index in [0.717, 1.165) is 10.6 Å². The van der Waals surface area contributed by atoms with Gasteiger partial charge >= 0.3 is 0 Å². The molecule has 1 unspecified atom stereocenters. The Labute approximate surface area is 112 Å². The van der Waals surface area contributed by atoms with Gasteiger partial charge in [-0.05, 0) is 30.3 Å². The number of nitrogens with two attached hydrogens (primary N) is 1. The minimum absolute atomic E-state index is 0.0795. The lowest BCUT2D eigenvalue weighted by Gasteiger charge is -2.15. The Morgan fingerprint density at radius 2 is 2.11 bits per heavy atom. The Hall–Kier alpha value is -0.570. The van der Waals surface area contributed by atoms with E-state index in [2.05, 4.69) is 15.0 Å². The largest absolute Gasteiger partial charge is 0.271 e. The molecule has 1 aromatic heterocycles. The molecule has 0 bridgehead atoms. The zero-order chi connectivity index (χ0) is 13.8. The lowest BCUT2D eigenvalue weighted by atomic mass is 10.0. The van der Waals surface area contributed by atoms with Gasteiger partial charge in [0.2, 0.25) is 0 Å². The topological polar surface area (TPSA) is 98.0 Å². The van der Waals surface area contributed by atoms with Gasteiger partial charge in [-0.2, -0.15) is 0 Å². The number of hydrazine groups is 1.